The number of fused-ring (bicyclic) bond motifs is 2. The smallest absolute Gasteiger partial charge is 0.376 e. The fourth-order valence-corrected chi connectivity index (χ4v) is 4.75. The standard InChI is InChI=1S/C23H21F3N6O5/c1-11-27-13-3-2-4-14(19(13)22(36)32(11)16-5-6-17(33)29-21(16)35)28-18(34)9-31-15-7-8-37-10-12(15)20(30-31)23(24,25)26/h2-4,16H,5-10H2,1H3,(H,28,34)(H,29,33,35). The molecule has 37 heavy (non-hydrogen) atoms. The number of ether oxygens (including phenoxy) is 1. The van der Waals surface area contributed by atoms with Gasteiger partial charge in [-0.2, -0.15) is 18.3 Å². The van der Waals surface area contributed by atoms with Gasteiger partial charge in [0.15, 0.2) is 5.69 Å². The number of amides is 3. The summed E-state index contributed by atoms with van der Waals surface area (Å²) in [6.07, 6.45) is -4.37. The quantitative estimate of drug-likeness (QED) is 0.501. The second-order valence-electron chi connectivity index (χ2n) is 8.78. The molecule has 5 rings (SSSR count). The Morgan fingerprint density at radius 2 is 2.03 bits per heavy atom. The van der Waals surface area contributed by atoms with E-state index in [2.05, 4.69) is 20.7 Å². The van der Waals surface area contributed by atoms with Crippen LogP contribution < -0.4 is 16.2 Å². The fraction of sp³-hybridized carbons (Fsp3) is 0.391. The summed E-state index contributed by atoms with van der Waals surface area (Å²) in [6, 6.07) is 3.63. The first-order valence-electron chi connectivity index (χ1n) is 11.4. The van der Waals surface area contributed by atoms with Gasteiger partial charge in [0.2, 0.25) is 17.7 Å². The van der Waals surface area contributed by atoms with Crippen LogP contribution in [0.1, 0.15) is 41.7 Å². The first-order chi connectivity index (χ1) is 17.5. The maximum atomic E-state index is 13.5. The van der Waals surface area contributed by atoms with E-state index < -0.39 is 47.7 Å². The van der Waals surface area contributed by atoms with E-state index in [0.29, 0.717) is 0 Å². The molecule has 3 aromatic rings. The summed E-state index contributed by atoms with van der Waals surface area (Å²) in [5.41, 5.74) is -1.17. The second kappa shape index (κ2) is 9.10. The van der Waals surface area contributed by atoms with Crippen molar-refractivity contribution in [2.45, 2.75) is 51.6 Å². The van der Waals surface area contributed by atoms with Crippen LogP contribution in [0.5, 0.6) is 0 Å². The van der Waals surface area contributed by atoms with Crippen LogP contribution in [0.15, 0.2) is 23.0 Å². The van der Waals surface area contributed by atoms with Crippen LogP contribution in [0.3, 0.4) is 0 Å². The van der Waals surface area contributed by atoms with Crippen molar-refractivity contribution in [3.8, 4) is 0 Å². The number of aryl methyl sites for hydroxylation is 1. The first-order valence-corrected chi connectivity index (χ1v) is 11.4. The minimum absolute atomic E-state index is 0.0259. The molecule has 0 spiro atoms. The number of carbonyl (C=O) groups is 3. The monoisotopic (exact) mass is 518 g/mol. The van der Waals surface area contributed by atoms with E-state index in [1.165, 1.54) is 10.6 Å². The lowest BCUT2D eigenvalue weighted by atomic mass is 10.1. The van der Waals surface area contributed by atoms with Gasteiger partial charge in [0.05, 0.1) is 29.8 Å². The minimum atomic E-state index is -4.70. The predicted molar refractivity (Wildman–Crippen MR) is 121 cm³/mol. The lowest BCUT2D eigenvalue weighted by Gasteiger charge is -2.24. The predicted octanol–water partition coefficient (Wildman–Crippen LogP) is 1.61. The highest BCUT2D eigenvalue weighted by Gasteiger charge is 2.40. The van der Waals surface area contributed by atoms with Crippen molar-refractivity contribution in [2.75, 3.05) is 11.9 Å². The fourth-order valence-electron chi connectivity index (χ4n) is 4.75. The Labute approximate surface area is 206 Å². The van der Waals surface area contributed by atoms with Crippen LogP contribution in [0.25, 0.3) is 10.9 Å². The van der Waals surface area contributed by atoms with Gasteiger partial charge in [0.25, 0.3) is 5.56 Å². The number of hydrogen-bond donors (Lipinski definition) is 2. The average Bonchev–Trinajstić information content (AvgIpc) is 3.19. The molecule has 2 aliphatic rings. The van der Waals surface area contributed by atoms with Crippen molar-refractivity contribution in [2.24, 2.45) is 0 Å². The highest BCUT2D eigenvalue weighted by atomic mass is 19.4. The first kappa shape index (κ1) is 24.6. The van der Waals surface area contributed by atoms with E-state index in [0.717, 1.165) is 4.68 Å². The Morgan fingerprint density at radius 1 is 1.24 bits per heavy atom. The number of hydrogen-bond acceptors (Lipinski definition) is 7. The van der Waals surface area contributed by atoms with Crippen LogP contribution in [0, 0.1) is 6.92 Å². The van der Waals surface area contributed by atoms with Crippen molar-refractivity contribution in [1.29, 1.82) is 0 Å². The lowest BCUT2D eigenvalue weighted by Crippen LogP contribution is -2.45. The van der Waals surface area contributed by atoms with Gasteiger partial charge in [-0.05, 0) is 25.5 Å². The summed E-state index contributed by atoms with van der Waals surface area (Å²) in [7, 11) is 0. The third-order valence-corrected chi connectivity index (χ3v) is 6.36. The number of alkyl halides is 3. The Bertz CT molecular complexity index is 1510. The minimum Gasteiger partial charge on any atom is -0.376 e. The normalized spacial score (nSPS) is 18.0. The zero-order chi connectivity index (χ0) is 26.5. The molecular weight excluding hydrogens is 497 g/mol. The van der Waals surface area contributed by atoms with Crippen LogP contribution in [0.2, 0.25) is 0 Å². The molecule has 0 saturated carbocycles. The van der Waals surface area contributed by atoms with Gasteiger partial charge in [-0.25, -0.2) is 4.98 Å². The van der Waals surface area contributed by atoms with Crippen molar-refractivity contribution in [3.05, 3.63) is 51.3 Å². The number of nitrogens with one attached hydrogen (secondary N) is 2. The molecule has 14 heteroatoms. The lowest BCUT2D eigenvalue weighted by molar-refractivity contribution is -0.143. The Balaban J connectivity index is 1.48. The summed E-state index contributed by atoms with van der Waals surface area (Å²) in [5.74, 6) is -1.52. The number of piperidine rings is 1. The highest BCUT2D eigenvalue weighted by Crippen LogP contribution is 2.34. The zero-order valence-electron chi connectivity index (χ0n) is 19.5. The maximum absolute atomic E-state index is 13.5. The number of carbonyl (C=O) groups excluding carboxylic acids is 3. The van der Waals surface area contributed by atoms with Gasteiger partial charge in [-0.15, -0.1) is 0 Å². The molecule has 2 aliphatic heterocycles. The van der Waals surface area contributed by atoms with Crippen LogP contribution in [-0.4, -0.2) is 43.7 Å². The number of nitrogens with zero attached hydrogens (tertiary/aromatic N) is 4. The number of halogens is 3. The number of aromatic nitrogens is 4. The highest BCUT2D eigenvalue weighted by molar-refractivity contribution is 6.01. The van der Waals surface area contributed by atoms with Gasteiger partial charge in [0, 0.05) is 24.1 Å². The topological polar surface area (TPSA) is 137 Å². The summed E-state index contributed by atoms with van der Waals surface area (Å²) in [4.78, 5) is 54.8. The van der Waals surface area contributed by atoms with Crippen molar-refractivity contribution in [1.82, 2.24) is 24.6 Å². The molecule has 1 unspecified atom stereocenters. The van der Waals surface area contributed by atoms with E-state index in [-0.39, 0.29) is 66.1 Å². The van der Waals surface area contributed by atoms with Crippen LogP contribution in [0.4, 0.5) is 18.9 Å². The van der Waals surface area contributed by atoms with Gasteiger partial charge >= 0.3 is 6.18 Å². The molecule has 4 heterocycles. The Hall–Kier alpha value is -4.07. The van der Waals surface area contributed by atoms with Crippen molar-refractivity contribution in [3.63, 3.8) is 0 Å². The number of benzene rings is 1. The number of rotatable bonds is 4. The Morgan fingerprint density at radius 3 is 2.76 bits per heavy atom. The number of anilines is 1. The zero-order valence-corrected chi connectivity index (χ0v) is 19.5. The van der Waals surface area contributed by atoms with E-state index in [1.807, 2.05) is 0 Å². The van der Waals surface area contributed by atoms with E-state index >= 15 is 0 Å². The van der Waals surface area contributed by atoms with Crippen molar-refractivity contribution < 1.29 is 32.3 Å². The summed E-state index contributed by atoms with van der Waals surface area (Å²) in [6.45, 7) is 0.986. The van der Waals surface area contributed by atoms with Gasteiger partial charge in [0.1, 0.15) is 18.4 Å². The molecule has 0 aliphatic carbocycles. The summed E-state index contributed by atoms with van der Waals surface area (Å²) >= 11 is 0. The van der Waals surface area contributed by atoms with Crippen LogP contribution >= 0.6 is 0 Å². The van der Waals surface area contributed by atoms with E-state index in [1.54, 1.807) is 19.1 Å². The average molecular weight is 518 g/mol. The van der Waals surface area contributed by atoms with Gasteiger partial charge < -0.3 is 10.1 Å². The third kappa shape index (κ3) is 4.48. The molecular formula is C23H21F3N6O5. The molecule has 0 radical (unpaired) electrons. The van der Waals surface area contributed by atoms with Crippen molar-refractivity contribution >= 4 is 34.3 Å². The molecule has 2 N–H and O–H groups in total. The largest absolute Gasteiger partial charge is 0.435 e. The van der Waals surface area contributed by atoms with E-state index in [9.17, 15) is 32.3 Å². The second-order valence-corrected chi connectivity index (χ2v) is 8.78. The Kier molecular flexibility index (Phi) is 6.06. The molecule has 0 bridgehead atoms. The van der Waals surface area contributed by atoms with E-state index in [4.69, 9.17) is 4.74 Å². The molecule has 1 saturated heterocycles. The van der Waals surface area contributed by atoms with Gasteiger partial charge in [-0.1, -0.05) is 6.07 Å². The molecule has 3 amide bonds. The SMILES string of the molecule is Cc1nc2cccc(NC(=O)Cn3nc(C(F)(F)F)c4c3CCOC4)c2c(=O)n1C1CCC(=O)NC1=O. The molecule has 1 aromatic carbocycles. The van der Waals surface area contributed by atoms with Gasteiger partial charge in [-0.3, -0.25) is 33.7 Å². The molecule has 194 valence electrons. The van der Waals surface area contributed by atoms with Crippen LogP contribution in [-0.2, 0) is 44.9 Å². The molecule has 1 atom stereocenters. The molecule has 2 aromatic heterocycles. The summed E-state index contributed by atoms with van der Waals surface area (Å²) in [5, 5.41) is 8.44. The molecule has 1 fully saturated rings. The maximum Gasteiger partial charge on any atom is 0.435 e. The molecule has 11 nitrogen and oxygen atoms in total. The number of imide groups is 1. The third-order valence-electron chi connectivity index (χ3n) is 6.36. The summed E-state index contributed by atoms with van der Waals surface area (Å²) < 4.78 is 47.7.